The van der Waals surface area contributed by atoms with Crippen LogP contribution in [0.1, 0.15) is 149 Å². The maximum atomic E-state index is 11.9. The van der Waals surface area contributed by atoms with Gasteiger partial charge in [0.05, 0.1) is 119 Å². The highest BCUT2D eigenvalue weighted by molar-refractivity contribution is 5.69. The summed E-state index contributed by atoms with van der Waals surface area (Å²) in [6.07, 6.45) is 24.9. The Morgan fingerprint density at radius 1 is 0.241 bits per heavy atom. The van der Waals surface area contributed by atoms with Crippen molar-refractivity contribution in [3.05, 3.63) is 0 Å². The van der Waals surface area contributed by atoms with Crippen molar-refractivity contribution in [2.24, 2.45) is 0 Å². The Labute approximate surface area is 353 Å². The molecule has 58 heavy (non-hydrogen) atoms. The fourth-order valence-corrected chi connectivity index (χ4v) is 5.77. The summed E-state index contributed by atoms with van der Waals surface area (Å²) in [5.41, 5.74) is 0. The quantitative estimate of drug-likeness (QED) is 0.0429. The molecule has 346 valence electrons. The van der Waals surface area contributed by atoms with E-state index in [-0.39, 0.29) is 25.2 Å². The lowest BCUT2D eigenvalue weighted by atomic mass is 10.0. The Morgan fingerprint density at radius 3 is 0.638 bits per heavy atom. The monoisotopic (exact) mass is 837 g/mol. The molecule has 0 N–H and O–H groups in total. The van der Waals surface area contributed by atoms with Crippen LogP contribution in [0.5, 0.6) is 0 Å². The van der Waals surface area contributed by atoms with E-state index in [2.05, 4.69) is 13.8 Å². The number of unbranched alkanes of at least 4 members (excludes halogenated alkanes) is 17. The highest BCUT2D eigenvalue weighted by atomic mass is 16.6. The van der Waals surface area contributed by atoms with Crippen LogP contribution in [-0.2, 0) is 61.7 Å². The van der Waals surface area contributed by atoms with Crippen LogP contribution in [0.25, 0.3) is 0 Å². The molecule has 0 spiro atoms. The summed E-state index contributed by atoms with van der Waals surface area (Å²) >= 11 is 0. The Hall–Kier alpha value is -1.42. The highest BCUT2D eigenvalue weighted by Crippen LogP contribution is 2.14. The van der Waals surface area contributed by atoms with Crippen LogP contribution in [0, 0.1) is 0 Å². The molecule has 0 aromatic carbocycles. The molecule has 0 saturated heterocycles. The predicted octanol–water partition coefficient (Wildman–Crippen LogP) is 8.45. The van der Waals surface area contributed by atoms with Crippen LogP contribution in [0.2, 0.25) is 0 Å². The van der Waals surface area contributed by atoms with Crippen molar-refractivity contribution in [1.82, 2.24) is 0 Å². The molecule has 0 aromatic heterocycles. The van der Waals surface area contributed by atoms with Gasteiger partial charge in [0.2, 0.25) is 0 Å². The molecule has 0 radical (unpaired) electrons. The van der Waals surface area contributed by atoms with Crippen molar-refractivity contribution in [3.63, 3.8) is 0 Å². The van der Waals surface area contributed by atoms with E-state index in [0.29, 0.717) is 132 Å². The third-order valence-corrected chi connectivity index (χ3v) is 9.18. The van der Waals surface area contributed by atoms with Crippen LogP contribution in [0.15, 0.2) is 0 Å². The van der Waals surface area contributed by atoms with Crippen LogP contribution >= 0.6 is 0 Å². The average molecular weight is 837 g/mol. The first-order valence-corrected chi connectivity index (χ1v) is 23.2. The number of carbonyl (C=O) groups excluding carboxylic acids is 2. The van der Waals surface area contributed by atoms with Crippen molar-refractivity contribution >= 4 is 11.9 Å². The van der Waals surface area contributed by atoms with Crippen LogP contribution < -0.4 is 0 Å². The molecule has 0 fully saturated rings. The van der Waals surface area contributed by atoms with Crippen molar-refractivity contribution < 1.29 is 61.7 Å². The highest BCUT2D eigenvalue weighted by Gasteiger charge is 2.04. The predicted molar refractivity (Wildman–Crippen MR) is 228 cm³/mol. The summed E-state index contributed by atoms with van der Waals surface area (Å²) in [6, 6.07) is 0. The Morgan fingerprint density at radius 2 is 0.414 bits per heavy atom. The number of rotatable bonds is 51. The van der Waals surface area contributed by atoms with Crippen molar-refractivity contribution in [2.45, 2.75) is 149 Å². The summed E-state index contributed by atoms with van der Waals surface area (Å²) in [7, 11) is 0. The second-order valence-corrected chi connectivity index (χ2v) is 14.5. The lowest BCUT2D eigenvalue weighted by molar-refractivity contribution is -0.146. The Kier molecular flexibility index (Phi) is 50.5. The second-order valence-electron chi connectivity index (χ2n) is 14.5. The largest absolute Gasteiger partial charge is 0.463 e. The Bertz CT molecular complexity index is 805. The van der Waals surface area contributed by atoms with Gasteiger partial charge in [-0.2, -0.15) is 0 Å². The average Bonchev–Trinajstić information content (AvgIpc) is 3.23. The third-order valence-electron chi connectivity index (χ3n) is 9.18. The van der Waals surface area contributed by atoms with Gasteiger partial charge in [-0.1, -0.05) is 123 Å². The lowest BCUT2D eigenvalue weighted by Gasteiger charge is -2.09. The fourth-order valence-electron chi connectivity index (χ4n) is 5.77. The van der Waals surface area contributed by atoms with Gasteiger partial charge in [0.25, 0.3) is 0 Å². The van der Waals surface area contributed by atoms with Crippen LogP contribution in [0.4, 0.5) is 0 Å². The summed E-state index contributed by atoms with van der Waals surface area (Å²) in [5, 5.41) is 0. The molecular weight excluding hydrogens is 748 g/mol. The molecular formula is C45H88O13. The molecule has 0 aliphatic heterocycles. The minimum absolute atomic E-state index is 0.133. The maximum Gasteiger partial charge on any atom is 0.305 e. The first-order chi connectivity index (χ1) is 28.7. The van der Waals surface area contributed by atoms with Crippen molar-refractivity contribution in [1.29, 1.82) is 0 Å². The molecule has 0 aromatic rings. The van der Waals surface area contributed by atoms with E-state index < -0.39 is 0 Å². The first kappa shape index (κ1) is 56.6. The molecule has 0 atom stereocenters. The zero-order valence-corrected chi connectivity index (χ0v) is 37.3. The summed E-state index contributed by atoms with van der Waals surface area (Å²) in [6.45, 7) is 13.5. The van der Waals surface area contributed by atoms with E-state index in [0.717, 1.165) is 38.5 Å². The van der Waals surface area contributed by atoms with Gasteiger partial charge in [0.15, 0.2) is 0 Å². The topological polar surface area (TPSA) is 136 Å². The molecule has 13 heteroatoms. The van der Waals surface area contributed by atoms with Gasteiger partial charge in [-0.3, -0.25) is 9.59 Å². The smallest absolute Gasteiger partial charge is 0.305 e. The van der Waals surface area contributed by atoms with E-state index in [9.17, 15) is 9.59 Å². The van der Waals surface area contributed by atoms with Gasteiger partial charge in [-0.05, 0) is 12.8 Å². The number of carbonyl (C=O) groups is 2. The minimum atomic E-state index is -0.153. The molecule has 0 amide bonds. The molecule has 0 bridgehead atoms. The van der Waals surface area contributed by atoms with Gasteiger partial charge >= 0.3 is 11.9 Å². The SMILES string of the molecule is CCCCCCCCCCCCCCCCCC(=O)OCCOCCOCCOCCOCCOCCOCCOCCOCCOCCOC(=O)CCCCCC. The Balaban J connectivity index is 3.15. The number of hydrogen-bond acceptors (Lipinski definition) is 13. The molecule has 0 aliphatic rings. The van der Waals surface area contributed by atoms with E-state index >= 15 is 0 Å². The molecule has 0 saturated carbocycles. The second kappa shape index (κ2) is 51.7. The van der Waals surface area contributed by atoms with E-state index in [1.807, 2.05) is 0 Å². The number of ether oxygens (including phenoxy) is 11. The summed E-state index contributed by atoms with van der Waals surface area (Å²) in [4.78, 5) is 23.5. The zero-order valence-electron chi connectivity index (χ0n) is 37.3. The van der Waals surface area contributed by atoms with E-state index in [1.54, 1.807) is 0 Å². The third kappa shape index (κ3) is 50.7. The molecule has 0 heterocycles. The van der Waals surface area contributed by atoms with Gasteiger partial charge in [-0.15, -0.1) is 0 Å². The maximum absolute atomic E-state index is 11.9. The van der Waals surface area contributed by atoms with Crippen molar-refractivity contribution in [2.75, 3.05) is 132 Å². The number of esters is 2. The minimum Gasteiger partial charge on any atom is -0.463 e. The molecule has 0 aliphatic carbocycles. The van der Waals surface area contributed by atoms with Gasteiger partial charge in [0, 0.05) is 12.8 Å². The standard InChI is InChI=1S/C45H88O13/c1-3-5-7-9-10-11-12-13-14-15-16-17-18-19-21-23-45(47)58-43-41-56-39-37-54-35-33-52-31-29-50-27-25-48-24-26-49-28-30-51-32-34-53-36-38-55-40-42-57-44(46)22-20-8-6-4-2/h3-43H2,1-2H3. The first-order valence-electron chi connectivity index (χ1n) is 23.2. The fraction of sp³-hybridized carbons (Fsp3) is 0.956. The normalized spacial score (nSPS) is 11.4. The molecule has 13 nitrogen and oxygen atoms in total. The zero-order chi connectivity index (χ0) is 41.9. The number of hydrogen-bond donors (Lipinski definition) is 0. The summed E-state index contributed by atoms with van der Waals surface area (Å²) < 4.78 is 59.7. The van der Waals surface area contributed by atoms with Crippen LogP contribution in [-0.4, -0.2) is 144 Å². The van der Waals surface area contributed by atoms with E-state index in [1.165, 1.54) is 83.5 Å². The molecule has 0 rings (SSSR count). The van der Waals surface area contributed by atoms with Gasteiger partial charge in [0.1, 0.15) is 13.2 Å². The van der Waals surface area contributed by atoms with Gasteiger partial charge in [-0.25, -0.2) is 0 Å². The van der Waals surface area contributed by atoms with E-state index in [4.69, 9.17) is 52.1 Å². The van der Waals surface area contributed by atoms with Crippen LogP contribution in [0.3, 0.4) is 0 Å². The summed E-state index contributed by atoms with van der Waals surface area (Å²) in [5.74, 6) is -0.286. The molecule has 0 unspecified atom stereocenters. The van der Waals surface area contributed by atoms with Crippen molar-refractivity contribution in [3.8, 4) is 0 Å². The lowest BCUT2D eigenvalue weighted by Crippen LogP contribution is -2.15. The van der Waals surface area contributed by atoms with Gasteiger partial charge < -0.3 is 52.1 Å².